The van der Waals surface area contributed by atoms with Gasteiger partial charge in [-0.2, -0.15) is 0 Å². The molecule has 1 aliphatic carbocycles. The molecule has 0 aromatic heterocycles. The standard InChI is InChI=1S/C23H35F3N4O2.C9H14.C6H12/c1-7-14-30(15-8-2)22(31)21(29(6)16-19-11-12-19)28-18(5)27-20(9-3)13-10-17(4)32-23(24,25)26;1-5-9(4)7-6-8(2)3;1-3-5-6-4-2/h9-10,13,19,27H,4-5,7-8,11-12,14-16H2,1-3,6H3;5-7H,2H2,1,3-4H3;3H,1,4-6H2,2H3/b13-10-,20-9+,28-21-;7-6-,9-5-;. The number of rotatable bonds is 17. The molecule has 9 heteroatoms. The maximum absolute atomic E-state index is 13.2. The van der Waals surface area contributed by atoms with Gasteiger partial charge in [0.1, 0.15) is 11.6 Å². The second kappa shape index (κ2) is 26.3. The Bertz CT molecular complexity index is 1120. The zero-order chi connectivity index (χ0) is 36.4. The van der Waals surface area contributed by atoms with Gasteiger partial charge < -0.3 is 19.9 Å². The van der Waals surface area contributed by atoms with Crippen molar-refractivity contribution >= 4 is 11.7 Å². The van der Waals surface area contributed by atoms with Crippen LogP contribution in [0, 0.1) is 5.92 Å². The number of nitrogens with one attached hydrogen (secondary N) is 1. The van der Waals surface area contributed by atoms with Crippen molar-refractivity contribution in [1.29, 1.82) is 0 Å². The number of hydrogen-bond acceptors (Lipinski definition) is 4. The molecular formula is C38H61F3N4O2. The number of amides is 1. The Morgan fingerprint density at radius 1 is 0.957 bits per heavy atom. The number of aliphatic imine (C=N–C) groups is 1. The molecule has 0 radical (unpaired) electrons. The molecule has 1 N–H and O–H groups in total. The summed E-state index contributed by atoms with van der Waals surface area (Å²) in [5, 5.41) is 2.91. The van der Waals surface area contributed by atoms with Crippen molar-refractivity contribution in [3.8, 4) is 0 Å². The Hall–Kier alpha value is -3.75. The molecule has 6 nitrogen and oxygen atoms in total. The highest BCUT2D eigenvalue weighted by Crippen LogP contribution is 2.29. The summed E-state index contributed by atoms with van der Waals surface area (Å²) in [6.07, 6.45) is 15.1. The number of ether oxygens (including phenoxy) is 1. The van der Waals surface area contributed by atoms with Gasteiger partial charge in [0, 0.05) is 32.4 Å². The number of unbranched alkanes of at least 4 members (excludes halogenated alkanes) is 2. The molecule has 1 saturated carbocycles. The van der Waals surface area contributed by atoms with E-state index in [-0.39, 0.29) is 11.7 Å². The predicted molar refractivity (Wildman–Crippen MR) is 195 cm³/mol. The molecule has 0 unspecified atom stereocenters. The molecule has 0 bridgehead atoms. The Morgan fingerprint density at radius 3 is 1.96 bits per heavy atom. The normalized spacial score (nSPS) is 13.6. The lowest BCUT2D eigenvalue weighted by Gasteiger charge is -2.27. The molecule has 0 saturated heterocycles. The molecule has 0 spiro atoms. The van der Waals surface area contributed by atoms with E-state index in [1.54, 1.807) is 17.9 Å². The molecule has 0 atom stereocenters. The minimum absolute atomic E-state index is 0.163. The zero-order valence-corrected chi connectivity index (χ0v) is 30.3. The first-order valence-electron chi connectivity index (χ1n) is 16.5. The minimum atomic E-state index is -4.80. The molecule has 0 heterocycles. The quantitative estimate of drug-likeness (QED) is 0.0421. The molecule has 1 rings (SSSR count). The van der Waals surface area contributed by atoms with Gasteiger partial charge in [-0.1, -0.05) is 94.9 Å². The number of hydrogen-bond donors (Lipinski definition) is 1. The van der Waals surface area contributed by atoms with E-state index in [0.29, 0.717) is 30.5 Å². The van der Waals surface area contributed by atoms with Crippen LogP contribution in [-0.2, 0) is 9.53 Å². The fourth-order valence-electron chi connectivity index (χ4n) is 3.68. The van der Waals surface area contributed by atoms with Crippen LogP contribution >= 0.6 is 0 Å². The van der Waals surface area contributed by atoms with Crippen molar-refractivity contribution in [3.63, 3.8) is 0 Å². The van der Waals surface area contributed by atoms with Gasteiger partial charge in [0.05, 0.1) is 0 Å². The van der Waals surface area contributed by atoms with Crippen LogP contribution in [0.2, 0.25) is 0 Å². The summed E-state index contributed by atoms with van der Waals surface area (Å²) in [5.74, 6) is 0.329. The van der Waals surface area contributed by atoms with Gasteiger partial charge >= 0.3 is 6.36 Å². The summed E-state index contributed by atoms with van der Waals surface area (Å²) < 4.78 is 40.5. The molecule has 0 aromatic rings. The van der Waals surface area contributed by atoms with Gasteiger partial charge in [-0.25, -0.2) is 4.99 Å². The third-order valence-electron chi connectivity index (χ3n) is 6.44. The van der Waals surface area contributed by atoms with Crippen LogP contribution in [0.5, 0.6) is 0 Å². The molecule has 0 aliphatic heterocycles. The third kappa shape index (κ3) is 26.1. The first-order valence-corrected chi connectivity index (χ1v) is 16.5. The summed E-state index contributed by atoms with van der Waals surface area (Å²) >= 11 is 0. The highest BCUT2D eigenvalue weighted by Gasteiger charge is 2.31. The van der Waals surface area contributed by atoms with Crippen molar-refractivity contribution in [2.75, 3.05) is 26.7 Å². The highest BCUT2D eigenvalue weighted by atomic mass is 19.4. The topological polar surface area (TPSA) is 57.2 Å². The van der Waals surface area contributed by atoms with Crippen LogP contribution in [0.1, 0.15) is 93.4 Å². The van der Waals surface area contributed by atoms with E-state index >= 15 is 0 Å². The molecular weight excluding hydrogens is 601 g/mol. The average molecular weight is 663 g/mol. The van der Waals surface area contributed by atoms with Gasteiger partial charge in [-0.3, -0.25) is 4.79 Å². The Labute approximate surface area is 283 Å². The first kappa shape index (κ1) is 45.4. The Kier molecular flexibility index (Phi) is 25.4. The van der Waals surface area contributed by atoms with Gasteiger partial charge in [-0.15, -0.1) is 19.8 Å². The number of nitrogens with zero attached hydrogens (tertiary/aromatic N) is 3. The number of alkyl halides is 3. The van der Waals surface area contributed by atoms with Gasteiger partial charge in [-0.05, 0) is 77.9 Å². The first-order chi connectivity index (χ1) is 22.1. The minimum Gasteiger partial charge on any atom is -0.406 e. The van der Waals surface area contributed by atoms with Crippen LogP contribution in [0.4, 0.5) is 13.2 Å². The molecule has 0 aromatic carbocycles. The summed E-state index contributed by atoms with van der Waals surface area (Å²) in [6.45, 7) is 30.4. The lowest BCUT2D eigenvalue weighted by atomic mass is 10.2. The molecule has 266 valence electrons. The van der Waals surface area contributed by atoms with Crippen molar-refractivity contribution in [2.24, 2.45) is 10.9 Å². The number of likely N-dealkylation sites (N-methyl/N-ethyl adjacent to an activating group) is 1. The van der Waals surface area contributed by atoms with Gasteiger partial charge in [0.15, 0.2) is 5.84 Å². The van der Waals surface area contributed by atoms with E-state index in [1.165, 1.54) is 30.9 Å². The largest absolute Gasteiger partial charge is 0.573 e. The van der Waals surface area contributed by atoms with Crippen molar-refractivity contribution in [3.05, 3.63) is 97.3 Å². The van der Waals surface area contributed by atoms with E-state index in [9.17, 15) is 18.0 Å². The monoisotopic (exact) mass is 662 g/mol. The molecule has 1 amide bonds. The second-order valence-corrected chi connectivity index (χ2v) is 11.4. The smallest absolute Gasteiger partial charge is 0.406 e. The third-order valence-corrected chi connectivity index (χ3v) is 6.44. The number of carbonyl (C=O) groups is 1. The van der Waals surface area contributed by atoms with Gasteiger partial charge in [0.25, 0.3) is 5.91 Å². The average Bonchev–Trinajstić information content (AvgIpc) is 3.82. The van der Waals surface area contributed by atoms with Crippen LogP contribution in [-0.4, -0.2) is 54.6 Å². The molecule has 1 aliphatic rings. The number of halogens is 3. The summed E-state index contributed by atoms with van der Waals surface area (Å²) in [7, 11) is 1.84. The van der Waals surface area contributed by atoms with Crippen LogP contribution < -0.4 is 5.32 Å². The molecule has 47 heavy (non-hydrogen) atoms. The predicted octanol–water partition coefficient (Wildman–Crippen LogP) is 10.4. The summed E-state index contributed by atoms with van der Waals surface area (Å²) in [4.78, 5) is 21.3. The highest BCUT2D eigenvalue weighted by molar-refractivity contribution is 6.37. The number of carbonyl (C=O) groups excluding carboxylic acids is 1. The second-order valence-electron chi connectivity index (χ2n) is 11.4. The van der Waals surface area contributed by atoms with E-state index in [2.05, 4.69) is 67.4 Å². The SMILES string of the molecule is C=C(/N=C(/C(=O)N(CCC)CCC)N(C)CC1CC1)NC(/C=C\C(=C)OC(F)(F)F)=C/C.C=C(C)/C=C\C(C)=C/C.C=CCCCC. The Morgan fingerprint density at radius 2 is 1.55 bits per heavy atom. The van der Waals surface area contributed by atoms with Gasteiger partial charge in [0.2, 0.25) is 0 Å². The lowest BCUT2D eigenvalue weighted by molar-refractivity contribution is -0.303. The maximum Gasteiger partial charge on any atom is 0.573 e. The molecule has 1 fully saturated rings. The van der Waals surface area contributed by atoms with E-state index in [4.69, 9.17) is 0 Å². The summed E-state index contributed by atoms with van der Waals surface area (Å²) in [5.41, 5.74) is 2.80. The van der Waals surface area contributed by atoms with Crippen LogP contribution in [0.25, 0.3) is 0 Å². The fraction of sp³-hybridized carbons (Fsp3) is 0.526. The lowest BCUT2D eigenvalue weighted by Crippen LogP contribution is -2.45. The van der Waals surface area contributed by atoms with Crippen molar-refractivity contribution in [1.82, 2.24) is 15.1 Å². The maximum atomic E-state index is 13.2. The Balaban J connectivity index is 0. The number of allylic oxidation sites excluding steroid dienone is 9. The summed E-state index contributed by atoms with van der Waals surface area (Å²) in [6, 6.07) is 0. The number of amidine groups is 1. The van der Waals surface area contributed by atoms with E-state index < -0.39 is 12.1 Å². The van der Waals surface area contributed by atoms with Crippen LogP contribution in [0.15, 0.2) is 102 Å². The van der Waals surface area contributed by atoms with E-state index in [1.807, 2.05) is 51.8 Å². The van der Waals surface area contributed by atoms with Crippen molar-refractivity contribution < 1.29 is 22.7 Å². The van der Waals surface area contributed by atoms with Crippen LogP contribution in [0.3, 0.4) is 0 Å². The zero-order valence-electron chi connectivity index (χ0n) is 30.3. The van der Waals surface area contributed by atoms with Crippen molar-refractivity contribution in [2.45, 2.75) is 99.8 Å². The van der Waals surface area contributed by atoms with E-state index in [0.717, 1.165) is 43.9 Å². The fourth-order valence-corrected chi connectivity index (χ4v) is 3.68.